The fraction of sp³-hybridized carbons (Fsp3) is 0.0833. The molecule has 5 rings (SSSR count). The number of rotatable bonds is 12. The van der Waals surface area contributed by atoms with Crippen LogP contribution < -0.4 is 20.1 Å². The van der Waals surface area contributed by atoms with Crippen LogP contribution >= 0.6 is 7.60 Å². The van der Waals surface area contributed by atoms with Crippen molar-refractivity contribution in [3.8, 4) is 11.5 Å². The van der Waals surface area contributed by atoms with Crippen LogP contribution in [0.25, 0.3) is 0 Å². The third-order valence-corrected chi connectivity index (χ3v) is 8.66. The molecule has 0 aliphatic rings. The summed E-state index contributed by atoms with van der Waals surface area (Å²) in [6.45, 7) is 0.0241. The van der Waals surface area contributed by atoms with Gasteiger partial charge in [0.15, 0.2) is 5.78 Å². The lowest BCUT2D eigenvalue weighted by molar-refractivity contribution is 0.137. The molecule has 11 heteroatoms. The molecular weight excluding hydrogens is 617 g/mol. The molecule has 0 spiro atoms. The first kappa shape index (κ1) is 32.5. The lowest BCUT2D eigenvalue weighted by Crippen LogP contribution is -2.31. The van der Waals surface area contributed by atoms with E-state index in [-0.39, 0.29) is 30.5 Å². The van der Waals surface area contributed by atoms with Crippen LogP contribution in [-0.2, 0) is 27.3 Å². The number of carbonyl (C=O) groups excluding carboxylic acids is 2. The Morgan fingerprint density at radius 2 is 1.09 bits per heavy atom. The zero-order valence-corrected chi connectivity index (χ0v) is 26.1. The molecule has 0 heterocycles. The van der Waals surface area contributed by atoms with E-state index < -0.39 is 25.6 Å². The van der Waals surface area contributed by atoms with Gasteiger partial charge in [0.25, 0.3) is 0 Å². The largest absolute Gasteiger partial charge is 0.457 e. The Kier molecular flexibility index (Phi) is 11.0. The summed E-state index contributed by atoms with van der Waals surface area (Å²) in [5.74, 6) is -0.906. The van der Waals surface area contributed by atoms with E-state index in [4.69, 9.17) is 24.3 Å². The maximum atomic E-state index is 14.8. The lowest BCUT2D eigenvalue weighted by Gasteiger charge is -2.28. The van der Waals surface area contributed by atoms with Gasteiger partial charge in [-0.25, -0.2) is 14.2 Å². The number of ether oxygens (including phenoxy) is 2. The van der Waals surface area contributed by atoms with E-state index >= 15 is 0 Å². The van der Waals surface area contributed by atoms with Crippen molar-refractivity contribution in [3.63, 3.8) is 0 Å². The van der Waals surface area contributed by atoms with Crippen molar-refractivity contribution in [1.29, 1.82) is 0 Å². The molecule has 0 aliphatic carbocycles. The number of alkyl carbamates (subject to hydrolysis) is 1. The van der Waals surface area contributed by atoms with Crippen molar-refractivity contribution in [2.24, 2.45) is 10.7 Å². The van der Waals surface area contributed by atoms with E-state index in [1.54, 1.807) is 84.9 Å². The SMILES string of the molecule is NC(=NC(=O)OCc1ccccc1)c1ccc(C(NC(=O)OCc2ccccc2)P(=O)(Oc2ccccc2)Oc2ccccc2)cc1. The van der Waals surface area contributed by atoms with Crippen LogP contribution in [0.5, 0.6) is 11.5 Å². The van der Waals surface area contributed by atoms with Crippen LogP contribution in [0.3, 0.4) is 0 Å². The van der Waals surface area contributed by atoms with Crippen molar-refractivity contribution in [1.82, 2.24) is 5.32 Å². The van der Waals surface area contributed by atoms with E-state index in [1.165, 1.54) is 0 Å². The quantitative estimate of drug-likeness (QED) is 0.0788. The van der Waals surface area contributed by atoms with Crippen molar-refractivity contribution in [2.45, 2.75) is 19.0 Å². The topological polar surface area (TPSA) is 139 Å². The fourth-order valence-electron chi connectivity index (χ4n) is 4.35. The summed E-state index contributed by atoms with van der Waals surface area (Å²) in [4.78, 5) is 29.3. The van der Waals surface area contributed by atoms with Gasteiger partial charge in [-0.1, -0.05) is 121 Å². The summed E-state index contributed by atoms with van der Waals surface area (Å²) in [5.41, 5.74) is 8.42. The monoisotopic (exact) mass is 649 g/mol. The third kappa shape index (κ3) is 9.56. The molecule has 47 heavy (non-hydrogen) atoms. The van der Waals surface area contributed by atoms with Gasteiger partial charge in [-0.3, -0.25) is 0 Å². The number of aliphatic imine (C=N–C) groups is 1. The minimum absolute atomic E-state index is 0.0188. The summed E-state index contributed by atoms with van der Waals surface area (Å²) >= 11 is 0. The van der Waals surface area contributed by atoms with Crippen molar-refractivity contribution in [2.75, 3.05) is 0 Å². The molecule has 0 aliphatic heterocycles. The zero-order valence-electron chi connectivity index (χ0n) is 25.2. The minimum Gasteiger partial charge on any atom is -0.445 e. The normalized spacial score (nSPS) is 12.0. The molecule has 1 unspecified atom stereocenters. The molecule has 238 valence electrons. The molecule has 5 aromatic carbocycles. The van der Waals surface area contributed by atoms with Gasteiger partial charge in [0, 0.05) is 5.56 Å². The molecule has 0 saturated carbocycles. The van der Waals surface area contributed by atoms with Gasteiger partial charge in [0.2, 0.25) is 0 Å². The Bertz CT molecular complexity index is 1780. The number of benzene rings is 5. The number of nitrogens with one attached hydrogen (secondary N) is 1. The van der Waals surface area contributed by atoms with Gasteiger partial charge in [-0.05, 0) is 41.0 Å². The van der Waals surface area contributed by atoms with Gasteiger partial charge in [-0.2, -0.15) is 4.99 Å². The highest BCUT2D eigenvalue weighted by Crippen LogP contribution is 2.59. The van der Waals surface area contributed by atoms with Crippen LogP contribution in [0.15, 0.2) is 151 Å². The van der Waals surface area contributed by atoms with E-state index in [0.29, 0.717) is 11.1 Å². The first-order valence-corrected chi connectivity index (χ1v) is 16.2. The Labute approximate surface area is 272 Å². The summed E-state index contributed by atoms with van der Waals surface area (Å²) in [6.07, 6.45) is -1.70. The summed E-state index contributed by atoms with van der Waals surface area (Å²) < 4.78 is 37.5. The predicted molar refractivity (Wildman–Crippen MR) is 178 cm³/mol. The molecular formula is C36H32N3O7P. The van der Waals surface area contributed by atoms with Gasteiger partial charge < -0.3 is 29.6 Å². The highest BCUT2D eigenvalue weighted by atomic mass is 31.2. The molecule has 0 fully saturated rings. The number of nitrogens with zero attached hydrogens (tertiary/aromatic N) is 1. The molecule has 0 saturated heterocycles. The van der Waals surface area contributed by atoms with Crippen molar-refractivity contribution < 1.29 is 32.7 Å². The fourth-order valence-corrected chi connectivity index (χ4v) is 6.23. The Morgan fingerprint density at radius 3 is 1.57 bits per heavy atom. The molecule has 0 radical (unpaired) electrons. The number of amides is 2. The van der Waals surface area contributed by atoms with Gasteiger partial charge in [-0.15, -0.1) is 0 Å². The molecule has 3 N–H and O–H groups in total. The van der Waals surface area contributed by atoms with Crippen LogP contribution in [0, 0.1) is 0 Å². The van der Waals surface area contributed by atoms with Crippen molar-refractivity contribution in [3.05, 3.63) is 168 Å². The third-order valence-electron chi connectivity index (χ3n) is 6.67. The molecule has 0 bridgehead atoms. The summed E-state index contributed by atoms with van der Waals surface area (Å²) in [6, 6.07) is 41.6. The first-order valence-electron chi connectivity index (χ1n) is 14.6. The maximum Gasteiger partial charge on any atom is 0.457 e. The lowest BCUT2D eigenvalue weighted by atomic mass is 10.1. The number of carbonyl (C=O) groups is 2. The highest BCUT2D eigenvalue weighted by molar-refractivity contribution is 7.55. The maximum absolute atomic E-state index is 14.8. The van der Waals surface area contributed by atoms with E-state index in [0.717, 1.165) is 11.1 Å². The number of hydrogen-bond acceptors (Lipinski definition) is 7. The molecule has 0 aromatic heterocycles. The standard InChI is InChI=1S/C36H32N3O7P/c37-33(38-35(40)43-25-27-13-5-1-6-14-27)29-21-23-30(24-22-29)34(39-36(41)44-26-28-15-7-2-8-16-28)47(42,45-31-17-9-3-10-18-31)46-32-19-11-4-12-20-32/h1-24,34H,25-26H2,(H,39,41)(H2,37,38,40). The van der Waals surface area contributed by atoms with Gasteiger partial charge in [0.1, 0.15) is 30.5 Å². The first-order chi connectivity index (χ1) is 22.9. The molecule has 2 amide bonds. The Hall–Kier alpha value is -5.86. The Morgan fingerprint density at radius 1 is 0.638 bits per heavy atom. The summed E-state index contributed by atoms with van der Waals surface area (Å²) in [7, 11) is -4.29. The summed E-state index contributed by atoms with van der Waals surface area (Å²) in [5, 5.41) is 2.69. The van der Waals surface area contributed by atoms with Crippen LogP contribution in [0.2, 0.25) is 0 Å². The predicted octanol–water partition coefficient (Wildman–Crippen LogP) is 8.00. The number of nitrogens with two attached hydrogens (primary N) is 1. The van der Waals surface area contributed by atoms with Crippen molar-refractivity contribution >= 4 is 25.6 Å². The van der Waals surface area contributed by atoms with Crippen LogP contribution in [0.1, 0.15) is 28.0 Å². The van der Waals surface area contributed by atoms with E-state index in [9.17, 15) is 14.2 Å². The van der Waals surface area contributed by atoms with Crippen LogP contribution in [-0.4, -0.2) is 18.0 Å². The van der Waals surface area contributed by atoms with Crippen LogP contribution in [0.4, 0.5) is 9.59 Å². The van der Waals surface area contributed by atoms with Gasteiger partial charge >= 0.3 is 19.8 Å². The second-order valence-electron chi connectivity index (χ2n) is 10.1. The second-order valence-corrected chi connectivity index (χ2v) is 12.1. The highest BCUT2D eigenvalue weighted by Gasteiger charge is 2.42. The Balaban J connectivity index is 1.42. The molecule has 1 atom stereocenters. The smallest absolute Gasteiger partial charge is 0.445 e. The zero-order chi connectivity index (χ0) is 32.9. The second kappa shape index (κ2) is 15.9. The van der Waals surface area contributed by atoms with Gasteiger partial charge in [0.05, 0.1) is 0 Å². The van der Waals surface area contributed by atoms with E-state index in [2.05, 4.69) is 10.3 Å². The number of amidine groups is 1. The average Bonchev–Trinajstić information content (AvgIpc) is 3.10. The average molecular weight is 650 g/mol. The number of hydrogen-bond donors (Lipinski definition) is 2. The van der Waals surface area contributed by atoms with E-state index in [1.807, 2.05) is 60.7 Å². The molecule has 10 nitrogen and oxygen atoms in total. The minimum atomic E-state index is -4.29. The molecule has 5 aromatic rings. The number of para-hydroxylation sites is 2.